The number of hydrogen-bond acceptors (Lipinski definition) is 3. The third kappa shape index (κ3) is 6.96. The summed E-state index contributed by atoms with van der Waals surface area (Å²) < 4.78 is 1.84. The van der Waals surface area contributed by atoms with Gasteiger partial charge >= 0.3 is 0 Å². The average molecular weight is 448 g/mol. The minimum Gasteiger partial charge on any atom is -0.357 e. The molecule has 0 aromatic carbocycles. The van der Waals surface area contributed by atoms with E-state index >= 15 is 0 Å². The van der Waals surface area contributed by atoms with Gasteiger partial charge in [-0.05, 0) is 45.6 Å². The molecule has 6 nitrogen and oxygen atoms in total. The first-order chi connectivity index (χ1) is 11.1. The van der Waals surface area contributed by atoms with Gasteiger partial charge in [0.15, 0.2) is 5.96 Å². The number of likely N-dealkylation sites (tertiary alicyclic amines) is 1. The van der Waals surface area contributed by atoms with Crippen molar-refractivity contribution in [1.29, 1.82) is 0 Å². The Bertz CT molecular complexity index is 491. The minimum absolute atomic E-state index is 0. The Kier molecular flexibility index (Phi) is 9.65. The Morgan fingerprint density at radius 1 is 1.38 bits per heavy atom. The molecule has 0 saturated carbocycles. The van der Waals surface area contributed by atoms with Crippen molar-refractivity contribution in [3.8, 4) is 0 Å². The zero-order valence-corrected chi connectivity index (χ0v) is 17.8. The molecule has 2 rings (SSSR count). The Balaban J connectivity index is 0.00000288. The molecule has 0 unspecified atom stereocenters. The molecule has 1 aliphatic heterocycles. The molecule has 1 aromatic heterocycles. The molecule has 1 aromatic rings. The first-order valence-corrected chi connectivity index (χ1v) is 8.85. The number of nitrogens with zero attached hydrogens (tertiary/aromatic N) is 4. The van der Waals surface area contributed by atoms with Gasteiger partial charge < -0.3 is 15.5 Å². The summed E-state index contributed by atoms with van der Waals surface area (Å²) in [7, 11) is 1.95. The van der Waals surface area contributed by atoms with Crippen molar-refractivity contribution in [1.82, 2.24) is 25.3 Å². The van der Waals surface area contributed by atoms with Crippen molar-refractivity contribution in [2.24, 2.45) is 12.0 Å². The monoisotopic (exact) mass is 448 g/mol. The molecule has 0 aliphatic carbocycles. The second kappa shape index (κ2) is 10.9. The van der Waals surface area contributed by atoms with Crippen LogP contribution in [0.5, 0.6) is 0 Å². The predicted octanol–water partition coefficient (Wildman–Crippen LogP) is 2.01. The fourth-order valence-electron chi connectivity index (χ4n) is 2.97. The number of aromatic nitrogens is 2. The van der Waals surface area contributed by atoms with E-state index in [0.29, 0.717) is 12.1 Å². The summed E-state index contributed by atoms with van der Waals surface area (Å²) in [5.74, 6) is 0.944. The highest BCUT2D eigenvalue weighted by Gasteiger charge is 2.21. The van der Waals surface area contributed by atoms with Crippen LogP contribution in [0, 0.1) is 0 Å². The molecule has 2 N–H and O–H groups in total. The highest BCUT2D eigenvalue weighted by molar-refractivity contribution is 14.0. The molecule has 2 heterocycles. The van der Waals surface area contributed by atoms with E-state index in [1.165, 1.54) is 31.5 Å². The number of halogens is 1. The molecule has 0 bridgehead atoms. The minimum atomic E-state index is 0. The third-order valence-electron chi connectivity index (χ3n) is 4.37. The van der Waals surface area contributed by atoms with Crippen molar-refractivity contribution in [2.75, 3.05) is 26.2 Å². The number of rotatable bonds is 6. The lowest BCUT2D eigenvalue weighted by Crippen LogP contribution is -2.49. The number of nitrogens with one attached hydrogen (secondary N) is 2. The number of aryl methyl sites for hydroxylation is 1. The summed E-state index contributed by atoms with van der Waals surface area (Å²) >= 11 is 0. The van der Waals surface area contributed by atoms with Gasteiger partial charge in [0.2, 0.25) is 0 Å². The van der Waals surface area contributed by atoms with E-state index in [2.05, 4.69) is 47.6 Å². The molecule has 0 atom stereocenters. The van der Waals surface area contributed by atoms with Crippen molar-refractivity contribution < 1.29 is 0 Å². The number of piperidine rings is 1. The van der Waals surface area contributed by atoms with Crippen LogP contribution in [0.2, 0.25) is 0 Å². The van der Waals surface area contributed by atoms with Gasteiger partial charge in [-0.1, -0.05) is 0 Å². The third-order valence-corrected chi connectivity index (χ3v) is 4.37. The molecule has 1 fully saturated rings. The lowest BCUT2D eigenvalue weighted by molar-refractivity contribution is 0.167. The van der Waals surface area contributed by atoms with E-state index in [-0.39, 0.29) is 24.0 Å². The normalized spacial score (nSPS) is 17.0. The second-order valence-electron chi connectivity index (χ2n) is 6.58. The summed E-state index contributed by atoms with van der Waals surface area (Å²) in [5, 5.41) is 11.2. The van der Waals surface area contributed by atoms with E-state index in [9.17, 15) is 0 Å². The van der Waals surface area contributed by atoms with Crippen molar-refractivity contribution in [3.63, 3.8) is 0 Å². The topological polar surface area (TPSA) is 57.5 Å². The molecule has 0 spiro atoms. The maximum absolute atomic E-state index is 4.71. The highest BCUT2D eigenvalue weighted by atomic mass is 127. The number of guanidine groups is 1. The summed E-state index contributed by atoms with van der Waals surface area (Å²) in [6.07, 6.45) is 7.27. The number of hydrogen-bond donors (Lipinski definition) is 2. The quantitative estimate of drug-likeness (QED) is 0.397. The van der Waals surface area contributed by atoms with Crippen molar-refractivity contribution in [2.45, 2.75) is 52.1 Å². The van der Waals surface area contributed by atoms with E-state index in [4.69, 9.17) is 4.99 Å². The van der Waals surface area contributed by atoms with Crippen LogP contribution in [0.1, 0.15) is 39.2 Å². The van der Waals surface area contributed by atoms with Crippen LogP contribution in [0.15, 0.2) is 17.4 Å². The highest BCUT2D eigenvalue weighted by Crippen LogP contribution is 2.12. The largest absolute Gasteiger partial charge is 0.357 e. The van der Waals surface area contributed by atoms with Crippen molar-refractivity contribution in [3.05, 3.63) is 18.0 Å². The Labute approximate surface area is 163 Å². The molecular weight excluding hydrogens is 415 g/mol. The van der Waals surface area contributed by atoms with Gasteiger partial charge in [-0.15, -0.1) is 24.0 Å². The van der Waals surface area contributed by atoms with Crippen LogP contribution < -0.4 is 10.6 Å². The second-order valence-corrected chi connectivity index (χ2v) is 6.58. The van der Waals surface area contributed by atoms with Crippen LogP contribution >= 0.6 is 24.0 Å². The van der Waals surface area contributed by atoms with E-state index < -0.39 is 0 Å². The lowest BCUT2D eigenvalue weighted by Gasteiger charge is -2.35. The van der Waals surface area contributed by atoms with Gasteiger partial charge in [0.1, 0.15) is 0 Å². The van der Waals surface area contributed by atoms with Crippen LogP contribution in [0.4, 0.5) is 0 Å². The Morgan fingerprint density at radius 3 is 2.62 bits per heavy atom. The summed E-state index contributed by atoms with van der Waals surface area (Å²) in [4.78, 5) is 7.26. The fourth-order valence-corrected chi connectivity index (χ4v) is 2.97. The SMILES string of the molecule is CCNC(=NCCc1cnn(C)c1)NC1CCN(C(C)C)CC1.I. The first-order valence-electron chi connectivity index (χ1n) is 8.85. The Hall–Kier alpha value is -0.830. The van der Waals surface area contributed by atoms with Gasteiger partial charge in [0.05, 0.1) is 6.20 Å². The summed E-state index contributed by atoms with van der Waals surface area (Å²) in [5.41, 5.74) is 1.23. The first kappa shape index (κ1) is 21.2. The average Bonchev–Trinajstić information content (AvgIpc) is 2.93. The van der Waals surface area contributed by atoms with Gasteiger partial charge in [-0.25, -0.2) is 0 Å². The van der Waals surface area contributed by atoms with E-state index in [0.717, 1.165) is 25.5 Å². The zero-order chi connectivity index (χ0) is 16.7. The summed E-state index contributed by atoms with van der Waals surface area (Å²) in [6, 6.07) is 1.18. The van der Waals surface area contributed by atoms with Crippen molar-refractivity contribution >= 4 is 29.9 Å². The number of aliphatic imine (C=N–C) groups is 1. The van der Waals surface area contributed by atoms with E-state index in [1.54, 1.807) is 0 Å². The molecule has 1 saturated heterocycles. The Morgan fingerprint density at radius 2 is 2.08 bits per heavy atom. The predicted molar refractivity (Wildman–Crippen MR) is 111 cm³/mol. The van der Waals surface area contributed by atoms with Crippen LogP contribution in [0.3, 0.4) is 0 Å². The molecule has 0 amide bonds. The zero-order valence-electron chi connectivity index (χ0n) is 15.5. The maximum atomic E-state index is 4.71. The van der Waals surface area contributed by atoms with Gasteiger partial charge in [-0.3, -0.25) is 9.67 Å². The lowest BCUT2D eigenvalue weighted by atomic mass is 10.0. The molecule has 24 heavy (non-hydrogen) atoms. The van der Waals surface area contributed by atoms with Crippen LogP contribution in [0.25, 0.3) is 0 Å². The molecule has 138 valence electrons. The molecular formula is C17H33IN6. The van der Waals surface area contributed by atoms with E-state index in [1.807, 2.05) is 17.9 Å². The standard InChI is InChI=1S/C17H32N6.HI/c1-5-18-17(19-9-6-15-12-20-22(4)13-15)21-16-7-10-23(11-8-16)14(2)3;/h12-14,16H,5-11H2,1-4H3,(H2,18,19,21);1H. The summed E-state index contributed by atoms with van der Waals surface area (Å²) in [6.45, 7) is 10.7. The van der Waals surface area contributed by atoms with Crippen LogP contribution in [-0.4, -0.2) is 58.9 Å². The molecule has 0 radical (unpaired) electrons. The smallest absolute Gasteiger partial charge is 0.191 e. The van der Waals surface area contributed by atoms with Gasteiger partial charge in [0, 0.05) is 51.5 Å². The van der Waals surface area contributed by atoms with Gasteiger partial charge in [-0.2, -0.15) is 5.10 Å². The molecule has 1 aliphatic rings. The fraction of sp³-hybridized carbons (Fsp3) is 0.765. The van der Waals surface area contributed by atoms with Gasteiger partial charge in [0.25, 0.3) is 0 Å². The molecule has 7 heteroatoms. The van der Waals surface area contributed by atoms with Crippen LogP contribution in [-0.2, 0) is 13.5 Å². The maximum Gasteiger partial charge on any atom is 0.191 e.